The van der Waals surface area contributed by atoms with Crippen molar-refractivity contribution in [1.29, 1.82) is 0 Å². The number of benzene rings is 1. The third-order valence-electron chi connectivity index (χ3n) is 4.31. The summed E-state index contributed by atoms with van der Waals surface area (Å²) in [4.78, 5) is 16.7. The largest absolute Gasteiger partial charge is 0.481 e. The van der Waals surface area contributed by atoms with Gasteiger partial charge in [-0.1, -0.05) is 38.1 Å². The van der Waals surface area contributed by atoms with Crippen LogP contribution in [0.2, 0.25) is 0 Å². The van der Waals surface area contributed by atoms with E-state index in [-0.39, 0.29) is 18.3 Å². The van der Waals surface area contributed by atoms with E-state index in [0.717, 1.165) is 22.5 Å². The third-order valence-corrected chi connectivity index (χ3v) is 4.31. The minimum atomic E-state index is -0.137. The Labute approximate surface area is 158 Å². The van der Waals surface area contributed by atoms with Crippen molar-refractivity contribution in [3.8, 4) is 22.8 Å². The first-order valence-electron chi connectivity index (χ1n) is 8.88. The summed E-state index contributed by atoms with van der Waals surface area (Å²) in [5.41, 5.74) is 3.96. The van der Waals surface area contributed by atoms with Crippen molar-refractivity contribution in [2.75, 3.05) is 13.7 Å². The van der Waals surface area contributed by atoms with Crippen molar-refractivity contribution in [3.63, 3.8) is 0 Å². The molecule has 0 aliphatic rings. The van der Waals surface area contributed by atoms with Crippen LogP contribution in [-0.2, 0) is 6.42 Å². The highest BCUT2D eigenvalue weighted by molar-refractivity contribution is 5.96. The Morgan fingerprint density at radius 1 is 1.19 bits per heavy atom. The topological polar surface area (TPSA) is 77.2 Å². The van der Waals surface area contributed by atoms with Crippen LogP contribution in [0.1, 0.15) is 29.9 Å². The normalized spacial score (nSPS) is 11.0. The molecule has 3 aromatic rings. The molecule has 1 N–H and O–H groups in total. The number of methoxy groups -OCH3 is 1. The molecule has 140 valence electrons. The van der Waals surface area contributed by atoms with Gasteiger partial charge in [0.05, 0.1) is 24.7 Å². The van der Waals surface area contributed by atoms with E-state index in [1.807, 2.05) is 50.2 Å². The zero-order valence-corrected chi connectivity index (χ0v) is 15.7. The van der Waals surface area contributed by atoms with Gasteiger partial charge < -0.3 is 9.84 Å². The molecule has 1 aromatic carbocycles. The molecule has 0 saturated heterocycles. The average Bonchev–Trinajstić information content (AvgIpc) is 3.13. The number of rotatable bonds is 7. The van der Waals surface area contributed by atoms with Gasteiger partial charge in [-0.05, 0) is 24.1 Å². The van der Waals surface area contributed by atoms with E-state index in [2.05, 4.69) is 10.1 Å². The number of aromatic nitrogens is 3. The van der Waals surface area contributed by atoms with Gasteiger partial charge in [0.15, 0.2) is 5.78 Å². The second-order valence-electron chi connectivity index (χ2n) is 6.57. The number of aliphatic hydroxyl groups is 1. The molecule has 0 atom stereocenters. The number of nitrogens with zero attached hydrogens (tertiary/aromatic N) is 3. The molecule has 27 heavy (non-hydrogen) atoms. The van der Waals surface area contributed by atoms with Crippen LogP contribution in [0.5, 0.6) is 5.88 Å². The summed E-state index contributed by atoms with van der Waals surface area (Å²) in [6.07, 6.45) is 2.28. The molecule has 6 nitrogen and oxygen atoms in total. The van der Waals surface area contributed by atoms with Gasteiger partial charge in [0.25, 0.3) is 0 Å². The lowest BCUT2D eigenvalue weighted by atomic mass is 10.0. The molecule has 0 bridgehead atoms. The lowest BCUT2D eigenvalue weighted by Crippen LogP contribution is -2.09. The highest BCUT2D eigenvalue weighted by atomic mass is 16.5. The van der Waals surface area contributed by atoms with E-state index < -0.39 is 0 Å². The Morgan fingerprint density at radius 3 is 2.48 bits per heavy atom. The third kappa shape index (κ3) is 4.06. The smallest absolute Gasteiger partial charge is 0.213 e. The highest BCUT2D eigenvalue weighted by Crippen LogP contribution is 2.26. The molecule has 0 saturated carbocycles. The Bertz CT molecular complexity index is 913. The maximum Gasteiger partial charge on any atom is 0.213 e. The molecule has 0 aliphatic heterocycles. The highest BCUT2D eigenvalue weighted by Gasteiger charge is 2.19. The Kier molecular flexibility index (Phi) is 5.66. The monoisotopic (exact) mass is 365 g/mol. The lowest BCUT2D eigenvalue weighted by Gasteiger charge is -2.08. The van der Waals surface area contributed by atoms with Gasteiger partial charge in [0.2, 0.25) is 5.88 Å². The second-order valence-corrected chi connectivity index (χ2v) is 6.57. The molecule has 3 rings (SSSR count). The van der Waals surface area contributed by atoms with Gasteiger partial charge >= 0.3 is 0 Å². The zero-order chi connectivity index (χ0) is 19.4. The van der Waals surface area contributed by atoms with Crippen LogP contribution in [0.3, 0.4) is 0 Å². The average molecular weight is 365 g/mol. The lowest BCUT2D eigenvalue weighted by molar-refractivity contribution is 0.0934. The zero-order valence-electron chi connectivity index (χ0n) is 15.7. The number of pyridine rings is 1. The van der Waals surface area contributed by atoms with E-state index >= 15 is 0 Å². The van der Waals surface area contributed by atoms with E-state index in [1.165, 1.54) is 0 Å². The Morgan fingerprint density at radius 2 is 1.93 bits per heavy atom. The van der Waals surface area contributed by atoms with Gasteiger partial charge in [0, 0.05) is 24.2 Å². The van der Waals surface area contributed by atoms with Crippen LogP contribution >= 0.6 is 0 Å². The second kappa shape index (κ2) is 8.14. The molecule has 0 aliphatic carbocycles. The van der Waals surface area contributed by atoms with E-state index in [4.69, 9.17) is 9.84 Å². The van der Waals surface area contributed by atoms with Gasteiger partial charge in [-0.3, -0.25) is 4.79 Å². The van der Waals surface area contributed by atoms with Gasteiger partial charge in [-0.25, -0.2) is 9.67 Å². The predicted molar refractivity (Wildman–Crippen MR) is 103 cm³/mol. The summed E-state index contributed by atoms with van der Waals surface area (Å²) in [5, 5.41) is 13.6. The molecule has 6 heteroatoms. The fourth-order valence-corrected chi connectivity index (χ4v) is 2.79. The number of carbonyl (C=O) groups is 1. The number of ether oxygens (including phenoxy) is 1. The number of carbonyl (C=O) groups excluding carboxylic acids is 1. The maximum atomic E-state index is 12.5. The molecule has 0 amide bonds. The van der Waals surface area contributed by atoms with Crippen molar-refractivity contribution < 1.29 is 14.6 Å². The van der Waals surface area contributed by atoms with Crippen molar-refractivity contribution >= 4 is 5.78 Å². The van der Waals surface area contributed by atoms with E-state index in [0.29, 0.717) is 18.0 Å². The van der Waals surface area contributed by atoms with Crippen LogP contribution in [0.15, 0.2) is 48.7 Å². The Hall–Kier alpha value is -2.99. The van der Waals surface area contributed by atoms with Crippen molar-refractivity contribution in [2.24, 2.45) is 5.92 Å². The van der Waals surface area contributed by atoms with Gasteiger partial charge in [-0.2, -0.15) is 5.10 Å². The van der Waals surface area contributed by atoms with Crippen LogP contribution in [0, 0.1) is 5.92 Å². The first kappa shape index (κ1) is 18.8. The summed E-state index contributed by atoms with van der Waals surface area (Å²) < 4.78 is 6.84. The van der Waals surface area contributed by atoms with E-state index in [9.17, 15) is 4.79 Å². The molecule has 0 unspecified atom stereocenters. The van der Waals surface area contributed by atoms with Crippen LogP contribution in [0.25, 0.3) is 16.9 Å². The first-order chi connectivity index (χ1) is 13.0. The molecular weight excluding hydrogens is 342 g/mol. The quantitative estimate of drug-likeness (QED) is 0.650. The fourth-order valence-electron chi connectivity index (χ4n) is 2.79. The van der Waals surface area contributed by atoms with E-state index in [1.54, 1.807) is 24.1 Å². The SMILES string of the molecule is COc1ccc(-n2nc(C(=O)C(C)C)cc2-c2ccc(CCO)cc2)cn1. The summed E-state index contributed by atoms with van der Waals surface area (Å²) in [5.74, 6) is 0.370. The minimum absolute atomic E-state index is 0.00614. The van der Waals surface area contributed by atoms with Crippen molar-refractivity contribution in [2.45, 2.75) is 20.3 Å². The number of hydrogen-bond donors (Lipinski definition) is 1. The number of hydrogen-bond acceptors (Lipinski definition) is 5. The molecule has 0 fully saturated rings. The number of ketones is 1. The van der Waals surface area contributed by atoms with Crippen LogP contribution in [0.4, 0.5) is 0 Å². The van der Waals surface area contributed by atoms with Gasteiger partial charge in [-0.15, -0.1) is 0 Å². The molecular formula is C21H23N3O3. The standard InChI is InChI=1S/C21H23N3O3/c1-14(2)21(26)18-12-19(16-6-4-15(5-7-16)10-11-25)24(23-18)17-8-9-20(27-3)22-13-17/h4-9,12-14,25H,10-11H2,1-3H3. The summed E-state index contributed by atoms with van der Waals surface area (Å²) >= 11 is 0. The molecule has 2 heterocycles. The number of Topliss-reactive ketones (excluding diaryl/α,β-unsaturated/α-hetero) is 1. The molecule has 0 spiro atoms. The Balaban J connectivity index is 2.08. The maximum absolute atomic E-state index is 12.5. The van der Waals surface area contributed by atoms with Crippen molar-refractivity contribution in [3.05, 3.63) is 59.9 Å². The summed E-state index contributed by atoms with van der Waals surface area (Å²) in [7, 11) is 1.56. The number of aliphatic hydroxyl groups excluding tert-OH is 1. The summed E-state index contributed by atoms with van der Waals surface area (Å²) in [6, 6.07) is 13.3. The van der Waals surface area contributed by atoms with Crippen molar-refractivity contribution in [1.82, 2.24) is 14.8 Å². The minimum Gasteiger partial charge on any atom is -0.481 e. The van der Waals surface area contributed by atoms with Crippen LogP contribution < -0.4 is 4.74 Å². The predicted octanol–water partition coefficient (Wildman–Crippen LogP) is 3.32. The molecule has 2 aromatic heterocycles. The van der Waals surface area contributed by atoms with Gasteiger partial charge in [0.1, 0.15) is 5.69 Å². The van der Waals surface area contributed by atoms with Crippen LogP contribution in [-0.4, -0.2) is 39.4 Å². The molecule has 0 radical (unpaired) electrons. The first-order valence-corrected chi connectivity index (χ1v) is 8.88. The fraction of sp³-hybridized carbons (Fsp3) is 0.286. The summed E-state index contributed by atoms with van der Waals surface area (Å²) in [6.45, 7) is 3.83.